The van der Waals surface area contributed by atoms with Gasteiger partial charge in [0, 0.05) is 23.7 Å². The van der Waals surface area contributed by atoms with Crippen LogP contribution in [0.2, 0.25) is 0 Å². The predicted molar refractivity (Wildman–Crippen MR) is 81.5 cm³/mol. The average Bonchev–Trinajstić information content (AvgIpc) is 2.48. The fourth-order valence-electron chi connectivity index (χ4n) is 2.31. The van der Waals surface area contributed by atoms with Gasteiger partial charge in [-0.25, -0.2) is 0 Å². The third-order valence-electron chi connectivity index (χ3n) is 3.52. The van der Waals surface area contributed by atoms with Crippen LogP contribution < -0.4 is 10.5 Å². The van der Waals surface area contributed by atoms with Gasteiger partial charge >= 0.3 is 0 Å². The van der Waals surface area contributed by atoms with Gasteiger partial charge in [-0.2, -0.15) is 0 Å². The number of nitrogens with zero attached hydrogens (tertiary/aromatic N) is 1. The molecular formula is C16H18N2O3. The molecule has 5 heteroatoms. The van der Waals surface area contributed by atoms with Crippen LogP contribution in [0.1, 0.15) is 22.7 Å². The molecule has 0 radical (unpaired) electrons. The van der Waals surface area contributed by atoms with E-state index in [0.29, 0.717) is 17.7 Å². The lowest BCUT2D eigenvalue weighted by Gasteiger charge is -2.16. The molecule has 2 aromatic carbocycles. The summed E-state index contributed by atoms with van der Waals surface area (Å²) < 4.78 is 5.27. The van der Waals surface area contributed by atoms with Gasteiger partial charge in [0.2, 0.25) is 0 Å². The molecule has 1 unspecified atom stereocenters. The lowest BCUT2D eigenvalue weighted by Crippen LogP contribution is -2.15. The molecule has 0 saturated carbocycles. The molecule has 0 fully saturated rings. The number of rotatable bonds is 5. The maximum absolute atomic E-state index is 10.9. The van der Waals surface area contributed by atoms with Crippen molar-refractivity contribution in [2.45, 2.75) is 19.4 Å². The highest BCUT2D eigenvalue weighted by atomic mass is 16.6. The molecule has 2 aromatic rings. The highest BCUT2D eigenvalue weighted by molar-refractivity contribution is 5.46. The minimum Gasteiger partial charge on any atom is -0.496 e. The van der Waals surface area contributed by atoms with E-state index in [2.05, 4.69) is 0 Å². The first-order chi connectivity index (χ1) is 10.0. The van der Waals surface area contributed by atoms with E-state index in [1.807, 2.05) is 31.2 Å². The van der Waals surface area contributed by atoms with Gasteiger partial charge in [0.25, 0.3) is 5.69 Å². The smallest absolute Gasteiger partial charge is 0.270 e. The number of benzene rings is 2. The molecule has 2 rings (SSSR count). The molecule has 0 saturated heterocycles. The van der Waals surface area contributed by atoms with Gasteiger partial charge in [0.15, 0.2) is 0 Å². The third kappa shape index (κ3) is 3.38. The Kier molecular flexibility index (Phi) is 4.55. The van der Waals surface area contributed by atoms with Gasteiger partial charge in [-0.3, -0.25) is 10.1 Å². The topological polar surface area (TPSA) is 78.4 Å². The van der Waals surface area contributed by atoms with Crippen molar-refractivity contribution < 1.29 is 9.66 Å². The minimum absolute atomic E-state index is 0.0195. The molecule has 0 amide bonds. The molecule has 0 aliphatic carbocycles. The zero-order chi connectivity index (χ0) is 15.4. The van der Waals surface area contributed by atoms with Crippen molar-refractivity contribution in [3.8, 4) is 5.75 Å². The molecule has 110 valence electrons. The van der Waals surface area contributed by atoms with Crippen molar-refractivity contribution in [1.29, 1.82) is 0 Å². The first kappa shape index (κ1) is 15.0. The van der Waals surface area contributed by atoms with Crippen molar-refractivity contribution in [3.05, 3.63) is 69.3 Å². The third-order valence-corrected chi connectivity index (χ3v) is 3.52. The predicted octanol–water partition coefficient (Wildman–Crippen LogP) is 3.15. The normalized spacial score (nSPS) is 12.0. The molecule has 1 atom stereocenters. The van der Waals surface area contributed by atoms with Crippen molar-refractivity contribution in [2.24, 2.45) is 5.73 Å². The van der Waals surface area contributed by atoms with Crippen LogP contribution in [0.3, 0.4) is 0 Å². The summed E-state index contributed by atoms with van der Waals surface area (Å²) in [7, 11) is 1.53. The highest BCUT2D eigenvalue weighted by Crippen LogP contribution is 2.30. The Morgan fingerprint density at radius 2 is 2.00 bits per heavy atom. The number of aryl methyl sites for hydroxylation is 1. The molecule has 5 nitrogen and oxygen atoms in total. The summed E-state index contributed by atoms with van der Waals surface area (Å²) in [4.78, 5) is 10.5. The molecule has 2 N–H and O–H groups in total. The molecule has 0 spiro atoms. The maximum Gasteiger partial charge on any atom is 0.270 e. The molecule has 0 aromatic heterocycles. The van der Waals surface area contributed by atoms with Gasteiger partial charge in [-0.05, 0) is 30.5 Å². The Morgan fingerprint density at radius 3 is 2.62 bits per heavy atom. The zero-order valence-corrected chi connectivity index (χ0v) is 12.1. The molecule has 0 bridgehead atoms. The molecule has 21 heavy (non-hydrogen) atoms. The monoisotopic (exact) mass is 286 g/mol. The van der Waals surface area contributed by atoms with Crippen LogP contribution in [0.4, 0.5) is 5.69 Å². The number of hydrogen-bond acceptors (Lipinski definition) is 4. The van der Waals surface area contributed by atoms with Crippen LogP contribution in [0.25, 0.3) is 0 Å². The van der Waals surface area contributed by atoms with Crippen LogP contribution in [0.5, 0.6) is 5.75 Å². The summed E-state index contributed by atoms with van der Waals surface area (Å²) in [5, 5.41) is 10.9. The van der Waals surface area contributed by atoms with Crippen molar-refractivity contribution in [2.75, 3.05) is 7.11 Å². The number of nitro benzene ring substituents is 1. The Morgan fingerprint density at radius 1 is 1.29 bits per heavy atom. The molecular weight excluding hydrogens is 268 g/mol. The number of nitro groups is 1. The Bertz CT molecular complexity index is 656. The fourth-order valence-corrected chi connectivity index (χ4v) is 2.31. The minimum atomic E-state index is -0.427. The lowest BCUT2D eigenvalue weighted by atomic mass is 9.96. The standard InChI is InChI=1S/C16H18N2O3/c1-11-5-3-4-6-12(11)9-15(17)14-10-13(18(19)20)7-8-16(14)21-2/h3-8,10,15H,9,17H2,1-2H3. The summed E-state index contributed by atoms with van der Waals surface area (Å²) in [5.41, 5.74) is 9.18. The van der Waals surface area contributed by atoms with Crippen molar-refractivity contribution in [1.82, 2.24) is 0 Å². The summed E-state index contributed by atoms with van der Waals surface area (Å²) in [5.74, 6) is 0.571. The second-order valence-corrected chi connectivity index (χ2v) is 4.92. The zero-order valence-electron chi connectivity index (χ0n) is 12.1. The van der Waals surface area contributed by atoms with Crippen LogP contribution in [0, 0.1) is 17.0 Å². The summed E-state index contributed by atoms with van der Waals surface area (Å²) in [6.45, 7) is 2.02. The number of nitrogens with two attached hydrogens (primary N) is 1. The molecule has 0 heterocycles. The van der Waals surface area contributed by atoms with Crippen LogP contribution in [0.15, 0.2) is 42.5 Å². The van der Waals surface area contributed by atoms with Crippen LogP contribution in [-0.2, 0) is 6.42 Å². The van der Waals surface area contributed by atoms with E-state index in [4.69, 9.17) is 10.5 Å². The number of ether oxygens (including phenoxy) is 1. The van der Waals surface area contributed by atoms with E-state index in [0.717, 1.165) is 11.1 Å². The number of non-ortho nitro benzene ring substituents is 1. The number of methoxy groups -OCH3 is 1. The number of hydrogen-bond donors (Lipinski definition) is 1. The van der Waals surface area contributed by atoms with E-state index in [-0.39, 0.29) is 11.7 Å². The summed E-state index contributed by atoms with van der Waals surface area (Å²) in [6.07, 6.45) is 0.601. The van der Waals surface area contributed by atoms with E-state index >= 15 is 0 Å². The van der Waals surface area contributed by atoms with Gasteiger partial charge in [-0.15, -0.1) is 0 Å². The Balaban J connectivity index is 2.33. The lowest BCUT2D eigenvalue weighted by molar-refractivity contribution is -0.385. The van der Waals surface area contributed by atoms with Gasteiger partial charge < -0.3 is 10.5 Å². The van der Waals surface area contributed by atoms with Crippen LogP contribution >= 0.6 is 0 Å². The van der Waals surface area contributed by atoms with E-state index in [1.54, 1.807) is 6.07 Å². The van der Waals surface area contributed by atoms with Gasteiger partial charge in [0.05, 0.1) is 12.0 Å². The summed E-state index contributed by atoms with van der Waals surface area (Å²) >= 11 is 0. The van der Waals surface area contributed by atoms with Crippen molar-refractivity contribution in [3.63, 3.8) is 0 Å². The first-order valence-corrected chi connectivity index (χ1v) is 6.65. The molecule has 0 aliphatic heterocycles. The maximum atomic E-state index is 10.9. The van der Waals surface area contributed by atoms with E-state index < -0.39 is 4.92 Å². The second-order valence-electron chi connectivity index (χ2n) is 4.92. The van der Waals surface area contributed by atoms with Crippen LogP contribution in [-0.4, -0.2) is 12.0 Å². The average molecular weight is 286 g/mol. The molecule has 0 aliphatic rings. The SMILES string of the molecule is COc1ccc([N+](=O)[O-])cc1C(N)Cc1ccccc1C. The van der Waals surface area contributed by atoms with E-state index in [1.165, 1.54) is 19.2 Å². The quantitative estimate of drug-likeness (QED) is 0.676. The van der Waals surface area contributed by atoms with Crippen molar-refractivity contribution >= 4 is 5.69 Å². The highest BCUT2D eigenvalue weighted by Gasteiger charge is 2.17. The fraction of sp³-hybridized carbons (Fsp3) is 0.250. The Hall–Kier alpha value is -2.40. The van der Waals surface area contributed by atoms with Gasteiger partial charge in [-0.1, -0.05) is 24.3 Å². The van der Waals surface area contributed by atoms with Gasteiger partial charge in [0.1, 0.15) is 5.75 Å². The second kappa shape index (κ2) is 6.37. The Labute approximate surface area is 123 Å². The first-order valence-electron chi connectivity index (χ1n) is 6.65. The summed E-state index contributed by atoms with van der Waals surface area (Å²) in [6, 6.07) is 12.1. The van der Waals surface area contributed by atoms with E-state index in [9.17, 15) is 10.1 Å². The largest absolute Gasteiger partial charge is 0.496 e.